The highest BCUT2D eigenvalue weighted by molar-refractivity contribution is 7.98. The van der Waals surface area contributed by atoms with Crippen LogP contribution in [0, 0.1) is 0 Å². The Morgan fingerprint density at radius 2 is 1.73 bits per heavy atom. The number of anilines is 1. The number of benzene rings is 1. The van der Waals surface area contributed by atoms with E-state index in [-0.39, 0.29) is 5.91 Å². The third-order valence-electron chi connectivity index (χ3n) is 4.89. The fourth-order valence-electron chi connectivity index (χ4n) is 2.98. The topological polar surface area (TPSA) is 62.5 Å². The summed E-state index contributed by atoms with van der Waals surface area (Å²) in [7, 11) is 1.76. The van der Waals surface area contributed by atoms with Gasteiger partial charge in [-0.2, -0.15) is 0 Å². The van der Waals surface area contributed by atoms with E-state index in [1.807, 2.05) is 37.3 Å². The zero-order valence-corrected chi connectivity index (χ0v) is 18.8. The Morgan fingerprint density at radius 3 is 2.40 bits per heavy atom. The molecule has 6 nitrogen and oxygen atoms in total. The molecule has 3 rings (SSSR count). The molecule has 2 heterocycles. The Labute approximate surface area is 182 Å². The summed E-state index contributed by atoms with van der Waals surface area (Å²) in [5.41, 5.74) is 1.96. The van der Waals surface area contributed by atoms with Crippen molar-refractivity contribution in [3.05, 3.63) is 60.1 Å². The second kappa shape index (κ2) is 10.3. The molecule has 3 aromatic rings. The molecule has 0 aliphatic heterocycles. The third kappa shape index (κ3) is 5.21. The summed E-state index contributed by atoms with van der Waals surface area (Å²) in [5.74, 6) is 2.44. The summed E-state index contributed by atoms with van der Waals surface area (Å²) < 4.78 is 5.75. The van der Waals surface area contributed by atoms with Gasteiger partial charge in [-0.1, -0.05) is 42.1 Å². The van der Waals surface area contributed by atoms with E-state index in [1.165, 1.54) is 11.8 Å². The highest BCUT2D eigenvalue weighted by atomic mass is 32.2. The van der Waals surface area contributed by atoms with Crippen molar-refractivity contribution in [1.29, 1.82) is 0 Å². The number of furan rings is 1. The number of aromatic nitrogens is 2. The van der Waals surface area contributed by atoms with Gasteiger partial charge in [0, 0.05) is 38.3 Å². The molecular weight excluding hydrogens is 396 g/mol. The van der Waals surface area contributed by atoms with E-state index >= 15 is 0 Å². The zero-order valence-electron chi connectivity index (χ0n) is 18.0. The van der Waals surface area contributed by atoms with Gasteiger partial charge in [0.25, 0.3) is 5.91 Å². The molecule has 0 bridgehead atoms. The molecular formula is C23H28N4O2S. The van der Waals surface area contributed by atoms with Crippen molar-refractivity contribution in [3.8, 4) is 11.3 Å². The second-order valence-electron chi connectivity index (χ2n) is 6.81. The normalized spacial score (nSPS) is 10.8. The number of nitrogens with zero attached hydrogens (tertiary/aromatic N) is 4. The summed E-state index contributed by atoms with van der Waals surface area (Å²) in [6.07, 6.45) is 0. The molecule has 0 saturated heterocycles. The van der Waals surface area contributed by atoms with Crippen LogP contribution in [0.4, 0.5) is 5.82 Å². The average molecular weight is 425 g/mol. The van der Waals surface area contributed by atoms with E-state index in [0.29, 0.717) is 23.2 Å². The van der Waals surface area contributed by atoms with Gasteiger partial charge in [-0.15, -0.1) is 0 Å². The molecule has 0 radical (unpaired) electrons. The Morgan fingerprint density at radius 1 is 1.00 bits per heavy atom. The van der Waals surface area contributed by atoms with E-state index < -0.39 is 0 Å². The SMILES string of the molecule is CCN(C)C(=O)c1ccc(CSc2nc(-c3ccccc3)cc(N(CC)CC)n2)o1. The third-order valence-corrected chi connectivity index (χ3v) is 5.76. The number of amides is 1. The molecule has 0 spiro atoms. The summed E-state index contributed by atoms with van der Waals surface area (Å²) in [5, 5.41) is 0.688. The molecule has 158 valence electrons. The predicted molar refractivity (Wildman–Crippen MR) is 122 cm³/mol. The maximum Gasteiger partial charge on any atom is 0.289 e. The van der Waals surface area contributed by atoms with E-state index in [4.69, 9.17) is 14.4 Å². The van der Waals surface area contributed by atoms with Crippen LogP contribution >= 0.6 is 11.8 Å². The van der Waals surface area contributed by atoms with Crippen molar-refractivity contribution in [2.75, 3.05) is 31.6 Å². The lowest BCUT2D eigenvalue weighted by Gasteiger charge is -2.20. The smallest absolute Gasteiger partial charge is 0.289 e. The maximum atomic E-state index is 12.2. The van der Waals surface area contributed by atoms with Crippen LogP contribution in [0.25, 0.3) is 11.3 Å². The summed E-state index contributed by atoms with van der Waals surface area (Å²) in [4.78, 5) is 25.6. The molecule has 0 aliphatic carbocycles. The maximum absolute atomic E-state index is 12.2. The van der Waals surface area contributed by atoms with Gasteiger partial charge in [0.05, 0.1) is 11.4 Å². The van der Waals surface area contributed by atoms with Crippen molar-refractivity contribution >= 4 is 23.5 Å². The highest BCUT2D eigenvalue weighted by Gasteiger charge is 2.16. The summed E-state index contributed by atoms with van der Waals surface area (Å²) >= 11 is 1.51. The van der Waals surface area contributed by atoms with E-state index in [0.717, 1.165) is 35.9 Å². The molecule has 2 aromatic heterocycles. The molecule has 1 amide bonds. The Balaban J connectivity index is 1.82. The van der Waals surface area contributed by atoms with Gasteiger partial charge in [-0.3, -0.25) is 4.79 Å². The number of thioether (sulfide) groups is 1. The number of hydrogen-bond donors (Lipinski definition) is 0. The zero-order chi connectivity index (χ0) is 21.5. The molecule has 0 N–H and O–H groups in total. The van der Waals surface area contributed by atoms with Crippen LogP contribution in [0.2, 0.25) is 0 Å². The van der Waals surface area contributed by atoms with Crippen LogP contribution < -0.4 is 4.90 Å². The van der Waals surface area contributed by atoms with Crippen LogP contribution in [0.15, 0.2) is 58.1 Å². The van der Waals surface area contributed by atoms with Gasteiger partial charge in [0.15, 0.2) is 10.9 Å². The summed E-state index contributed by atoms with van der Waals surface area (Å²) in [6, 6.07) is 15.7. The number of hydrogen-bond acceptors (Lipinski definition) is 6. The minimum atomic E-state index is -0.111. The Bertz CT molecular complexity index is 970. The Kier molecular flexibility index (Phi) is 7.52. The minimum Gasteiger partial charge on any atom is -0.455 e. The van der Waals surface area contributed by atoms with Crippen LogP contribution in [0.1, 0.15) is 37.1 Å². The van der Waals surface area contributed by atoms with Gasteiger partial charge in [0.1, 0.15) is 11.6 Å². The highest BCUT2D eigenvalue weighted by Crippen LogP contribution is 2.28. The first kappa shape index (κ1) is 21.9. The van der Waals surface area contributed by atoms with Gasteiger partial charge in [0.2, 0.25) is 0 Å². The lowest BCUT2D eigenvalue weighted by molar-refractivity contribution is 0.0769. The monoisotopic (exact) mass is 424 g/mol. The van der Waals surface area contributed by atoms with Crippen LogP contribution in [0.3, 0.4) is 0 Å². The van der Waals surface area contributed by atoms with Gasteiger partial charge < -0.3 is 14.2 Å². The number of rotatable bonds is 9. The lowest BCUT2D eigenvalue weighted by atomic mass is 10.1. The lowest BCUT2D eigenvalue weighted by Crippen LogP contribution is -2.25. The fraction of sp³-hybridized carbons (Fsp3) is 0.348. The minimum absolute atomic E-state index is 0.111. The van der Waals surface area contributed by atoms with E-state index in [1.54, 1.807) is 18.0 Å². The molecule has 1 aromatic carbocycles. The molecule has 0 saturated carbocycles. The molecule has 30 heavy (non-hydrogen) atoms. The van der Waals surface area contributed by atoms with Gasteiger partial charge >= 0.3 is 0 Å². The number of carbonyl (C=O) groups excluding carboxylic acids is 1. The largest absolute Gasteiger partial charge is 0.455 e. The van der Waals surface area contributed by atoms with Crippen molar-refractivity contribution < 1.29 is 9.21 Å². The van der Waals surface area contributed by atoms with Crippen molar-refractivity contribution in [3.63, 3.8) is 0 Å². The molecule has 0 fully saturated rings. The first-order chi connectivity index (χ1) is 14.5. The molecule has 0 atom stereocenters. The van der Waals surface area contributed by atoms with Crippen molar-refractivity contribution in [1.82, 2.24) is 14.9 Å². The first-order valence-electron chi connectivity index (χ1n) is 10.2. The van der Waals surface area contributed by atoms with Gasteiger partial charge in [-0.25, -0.2) is 9.97 Å². The first-order valence-corrected chi connectivity index (χ1v) is 11.2. The van der Waals surface area contributed by atoms with Gasteiger partial charge in [-0.05, 0) is 32.9 Å². The van der Waals surface area contributed by atoms with Crippen LogP contribution in [0.5, 0.6) is 0 Å². The number of carbonyl (C=O) groups is 1. The standard InChI is InChI=1S/C23H28N4O2S/c1-5-26(4)22(28)20-14-13-18(29-20)16-30-23-24-19(17-11-9-8-10-12-17)15-21(25-23)27(6-2)7-3/h8-15H,5-7,16H2,1-4H3. The predicted octanol–water partition coefficient (Wildman–Crippen LogP) is 4.97. The quantitative estimate of drug-likeness (QED) is 0.357. The van der Waals surface area contributed by atoms with Crippen LogP contribution in [-0.4, -0.2) is 47.5 Å². The van der Waals surface area contributed by atoms with Crippen LogP contribution in [-0.2, 0) is 5.75 Å². The fourth-order valence-corrected chi connectivity index (χ4v) is 3.73. The summed E-state index contributed by atoms with van der Waals surface area (Å²) in [6.45, 7) is 8.56. The molecule has 0 aliphatic rings. The van der Waals surface area contributed by atoms with Crippen molar-refractivity contribution in [2.24, 2.45) is 0 Å². The van der Waals surface area contributed by atoms with Crippen molar-refractivity contribution in [2.45, 2.75) is 31.7 Å². The molecule has 0 unspecified atom stereocenters. The Hall–Kier alpha value is -2.80. The van der Waals surface area contributed by atoms with E-state index in [9.17, 15) is 4.79 Å². The average Bonchev–Trinajstić information content (AvgIpc) is 3.27. The molecule has 7 heteroatoms. The van der Waals surface area contributed by atoms with E-state index in [2.05, 4.69) is 30.9 Å². The second-order valence-corrected chi connectivity index (χ2v) is 7.75.